The average molecular weight is 227 g/mol. The number of carbonyl (C=O) groups is 1. The average Bonchev–Trinajstić information content (AvgIpc) is 2.97. The molecule has 0 radical (unpaired) electrons. The molecule has 0 heterocycles. The van der Waals surface area contributed by atoms with Crippen LogP contribution in [0.25, 0.3) is 0 Å². The second-order valence-electron chi connectivity index (χ2n) is 5.23. The number of carbonyl (C=O) groups excluding carboxylic acids is 1. The van der Waals surface area contributed by atoms with Crippen LogP contribution in [0.4, 0.5) is 0 Å². The highest BCUT2D eigenvalue weighted by atomic mass is 16.1. The van der Waals surface area contributed by atoms with Gasteiger partial charge in [-0.3, -0.25) is 4.79 Å². The Balaban J connectivity index is 2.16. The van der Waals surface area contributed by atoms with Crippen LogP contribution >= 0.6 is 0 Å². The van der Waals surface area contributed by atoms with Gasteiger partial charge in [0.15, 0.2) is 0 Å². The maximum atomic E-state index is 11.5. The van der Waals surface area contributed by atoms with Crippen LogP contribution in [0.1, 0.15) is 26.7 Å². The SMILES string of the molecule is CC(C)C(CNC(=O)CNC1CC1)N(C)C. The quantitative estimate of drug-likeness (QED) is 0.663. The van der Waals surface area contributed by atoms with Gasteiger partial charge in [-0.2, -0.15) is 0 Å². The number of likely N-dealkylation sites (N-methyl/N-ethyl adjacent to an activating group) is 1. The minimum atomic E-state index is 0.111. The molecule has 0 saturated heterocycles. The molecule has 16 heavy (non-hydrogen) atoms. The highest BCUT2D eigenvalue weighted by Gasteiger charge is 2.21. The normalized spacial score (nSPS) is 17.9. The van der Waals surface area contributed by atoms with Crippen LogP contribution in [-0.4, -0.2) is 50.1 Å². The van der Waals surface area contributed by atoms with Crippen molar-refractivity contribution >= 4 is 5.91 Å². The van der Waals surface area contributed by atoms with Crippen LogP contribution in [-0.2, 0) is 4.79 Å². The smallest absolute Gasteiger partial charge is 0.234 e. The molecule has 2 N–H and O–H groups in total. The van der Waals surface area contributed by atoms with Crippen LogP contribution in [0.3, 0.4) is 0 Å². The molecule has 0 bridgehead atoms. The van der Waals surface area contributed by atoms with Crippen molar-refractivity contribution < 1.29 is 4.79 Å². The van der Waals surface area contributed by atoms with Gasteiger partial charge < -0.3 is 15.5 Å². The van der Waals surface area contributed by atoms with Crippen LogP contribution in [0, 0.1) is 5.92 Å². The molecule has 1 aliphatic rings. The van der Waals surface area contributed by atoms with Gasteiger partial charge in [-0.15, -0.1) is 0 Å². The van der Waals surface area contributed by atoms with E-state index in [1.54, 1.807) is 0 Å². The number of nitrogens with zero attached hydrogens (tertiary/aromatic N) is 1. The Morgan fingerprint density at radius 2 is 2.00 bits per heavy atom. The Labute approximate surface area is 98.8 Å². The number of amides is 1. The number of hydrogen-bond acceptors (Lipinski definition) is 3. The van der Waals surface area contributed by atoms with E-state index in [4.69, 9.17) is 0 Å². The summed E-state index contributed by atoms with van der Waals surface area (Å²) in [6.45, 7) is 5.55. The number of hydrogen-bond donors (Lipinski definition) is 2. The number of nitrogens with one attached hydrogen (secondary N) is 2. The van der Waals surface area contributed by atoms with E-state index < -0.39 is 0 Å². The molecule has 1 unspecified atom stereocenters. The highest BCUT2D eigenvalue weighted by Crippen LogP contribution is 2.17. The molecule has 1 aliphatic carbocycles. The molecule has 1 rings (SSSR count). The molecule has 4 heteroatoms. The molecule has 0 aliphatic heterocycles. The Morgan fingerprint density at radius 3 is 2.44 bits per heavy atom. The molecule has 4 nitrogen and oxygen atoms in total. The van der Waals surface area contributed by atoms with Crippen molar-refractivity contribution in [3.63, 3.8) is 0 Å². The van der Waals surface area contributed by atoms with Gasteiger partial charge in [0.2, 0.25) is 5.91 Å². The second-order valence-corrected chi connectivity index (χ2v) is 5.23. The standard InChI is InChI=1S/C12H25N3O/c1-9(2)11(15(3)4)7-14-12(16)8-13-10-5-6-10/h9-11,13H,5-8H2,1-4H3,(H,14,16). The Bertz CT molecular complexity index is 216. The van der Waals surface area contributed by atoms with E-state index in [2.05, 4.69) is 43.5 Å². The summed E-state index contributed by atoms with van der Waals surface area (Å²) in [6.07, 6.45) is 2.44. The second kappa shape index (κ2) is 6.21. The fourth-order valence-electron chi connectivity index (χ4n) is 1.82. The maximum absolute atomic E-state index is 11.5. The van der Waals surface area contributed by atoms with Gasteiger partial charge in [-0.1, -0.05) is 13.8 Å². The first-order chi connectivity index (χ1) is 7.50. The minimum absolute atomic E-state index is 0.111. The zero-order valence-corrected chi connectivity index (χ0v) is 10.9. The van der Waals surface area contributed by atoms with Crippen molar-refractivity contribution in [2.75, 3.05) is 27.2 Å². The summed E-state index contributed by atoms with van der Waals surface area (Å²) in [5.74, 6) is 0.658. The van der Waals surface area contributed by atoms with E-state index in [0.717, 1.165) is 6.54 Å². The van der Waals surface area contributed by atoms with Crippen molar-refractivity contribution in [2.45, 2.75) is 38.8 Å². The van der Waals surface area contributed by atoms with Crippen molar-refractivity contribution in [3.05, 3.63) is 0 Å². The van der Waals surface area contributed by atoms with E-state index in [-0.39, 0.29) is 5.91 Å². The van der Waals surface area contributed by atoms with Gasteiger partial charge >= 0.3 is 0 Å². The first-order valence-corrected chi connectivity index (χ1v) is 6.17. The third-order valence-corrected chi connectivity index (χ3v) is 3.07. The summed E-state index contributed by atoms with van der Waals surface area (Å²) in [6, 6.07) is 1.00. The molecule has 1 saturated carbocycles. The predicted octanol–water partition coefficient (Wildman–Crippen LogP) is 0.441. The molecule has 94 valence electrons. The lowest BCUT2D eigenvalue weighted by Crippen LogP contribution is -2.45. The van der Waals surface area contributed by atoms with Crippen LogP contribution in [0.5, 0.6) is 0 Å². The van der Waals surface area contributed by atoms with E-state index in [1.165, 1.54) is 12.8 Å². The van der Waals surface area contributed by atoms with Crippen LogP contribution in [0.2, 0.25) is 0 Å². The largest absolute Gasteiger partial charge is 0.353 e. The first-order valence-electron chi connectivity index (χ1n) is 6.17. The van der Waals surface area contributed by atoms with Gasteiger partial charge in [0.1, 0.15) is 0 Å². The summed E-state index contributed by atoms with van der Waals surface area (Å²) < 4.78 is 0. The maximum Gasteiger partial charge on any atom is 0.234 e. The highest BCUT2D eigenvalue weighted by molar-refractivity contribution is 5.78. The Kier molecular flexibility index (Phi) is 5.22. The van der Waals surface area contributed by atoms with E-state index in [1.807, 2.05) is 0 Å². The Morgan fingerprint density at radius 1 is 1.38 bits per heavy atom. The Hall–Kier alpha value is -0.610. The minimum Gasteiger partial charge on any atom is -0.353 e. The topological polar surface area (TPSA) is 44.4 Å². The fraction of sp³-hybridized carbons (Fsp3) is 0.917. The van der Waals surface area contributed by atoms with E-state index in [9.17, 15) is 4.79 Å². The molecule has 0 aromatic carbocycles. The summed E-state index contributed by atoms with van der Waals surface area (Å²) in [4.78, 5) is 13.7. The van der Waals surface area contributed by atoms with E-state index in [0.29, 0.717) is 24.5 Å². The molecule has 1 atom stereocenters. The summed E-state index contributed by atoms with van der Waals surface area (Å²) >= 11 is 0. The van der Waals surface area contributed by atoms with E-state index >= 15 is 0 Å². The molecule has 0 aromatic heterocycles. The molecular formula is C12H25N3O. The van der Waals surface area contributed by atoms with Gasteiger partial charge in [-0.05, 0) is 32.9 Å². The summed E-state index contributed by atoms with van der Waals surface area (Å²) in [5.41, 5.74) is 0. The lowest BCUT2D eigenvalue weighted by atomic mass is 10.0. The van der Waals surface area contributed by atoms with Crippen LogP contribution in [0.15, 0.2) is 0 Å². The van der Waals surface area contributed by atoms with Crippen molar-refractivity contribution in [1.82, 2.24) is 15.5 Å². The third kappa shape index (κ3) is 4.94. The lowest BCUT2D eigenvalue weighted by molar-refractivity contribution is -0.120. The van der Waals surface area contributed by atoms with Gasteiger partial charge in [0.25, 0.3) is 0 Å². The van der Waals surface area contributed by atoms with Gasteiger partial charge in [0.05, 0.1) is 6.54 Å². The van der Waals surface area contributed by atoms with Gasteiger partial charge in [0, 0.05) is 18.6 Å². The molecule has 1 amide bonds. The monoisotopic (exact) mass is 227 g/mol. The lowest BCUT2D eigenvalue weighted by Gasteiger charge is -2.28. The number of rotatable bonds is 7. The molecular weight excluding hydrogens is 202 g/mol. The van der Waals surface area contributed by atoms with Gasteiger partial charge in [-0.25, -0.2) is 0 Å². The first kappa shape index (κ1) is 13.5. The summed E-state index contributed by atoms with van der Waals surface area (Å²) in [5, 5.41) is 6.20. The van der Waals surface area contributed by atoms with Crippen molar-refractivity contribution in [3.8, 4) is 0 Å². The summed E-state index contributed by atoms with van der Waals surface area (Å²) in [7, 11) is 4.11. The third-order valence-electron chi connectivity index (χ3n) is 3.07. The predicted molar refractivity (Wildman–Crippen MR) is 66.3 cm³/mol. The zero-order valence-electron chi connectivity index (χ0n) is 10.9. The molecule has 0 aromatic rings. The molecule has 0 spiro atoms. The fourth-order valence-corrected chi connectivity index (χ4v) is 1.82. The van der Waals surface area contributed by atoms with Crippen molar-refractivity contribution in [1.29, 1.82) is 0 Å². The molecule has 1 fully saturated rings. The zero-order chi connectivity index (χ0) is 12.1. The van der Waals surface area contributed by atoms with Crippen LogP contribution < -0.4 is 10.6 Å². The van der Waals surface area contributed by atoms with Crippen molar-refractivity contribution in [2.24, 2.45) is 5.92 Å².